The summed E-state index contributed by atoms with van der Waals surface area (Å²) >= 11 is 0. The summed E-state index contributed by atoms with van der Waals surface area (Å²) in [5.41, 5.74) is 4.30. The minimum Gasteiger partial charge on any atom is -0.457 e. The molecule has 0 aliphatic carbocycles. The number of rotatable bonds is 6. The van der Waals surface area contributed by atoms with Crippen LogP contribution in [0.5, 0.6) is 11.5 Å². The van der Waals surface area contributed by atoms with Crippen molar-refractivity contribution in [2.24, 2.45) is 0 Å². The van der Waals surface area contributed by atoms with Gasteiger partial charge >= 0.3 is 0 Å². The zero-order chi connectivity index (χ0) is 25.6. The third-order valence-electron chi connectivity index (χ3n) is 6.15. The quantitative estimate of drug-likeness (QED) is 0.540. The number of amides is 4. The van der Waals surface area contributed by atoms with Crippen molar-refractivity contribution in [1.29, 1.82) is 0 Å². The Kier molecular flexibility index (Phi) is 6.19. The Morgan fingerprint density at radius 2 is 0.886 bits per heavy atom. The van der Waals surface area contributed by atoms with Gasteiger partial charge in [0, 0.05) is 24.3 Å². The summed E-state index contributed by atoms with van der Waals surface area (Å²) in [6.07, 6.45) is 5.11. The highest BCUT2D eigenvalue weighted by Gasteiger charge is 2.31. The van der Waals surface area contributed by atoms with Crippen LogP contribution >= 0.6 is 0 Å². The zero-order valence-electron chi connectivity index (χ0n) is 20.7. The van der Waals surface area contributed by atoms with Gasteiger partial charge < -0.3 is 4.74 Å². The van der Waals surface area contributed by atoms with Crippen molar-refractivity contribution in [3.63, 3.8) is 0 Å². The van der Waals surface area contributed by atoms with Gasteiger partial charge in [-0.3, -0.25) is 19.2 Å². The molecule has 2 heterocycles. The summed E-state index contributed by atoms with van der Waals surface area (Å²) in [5, 5.41) is 0. The highest BCUT2D eigenvalue weighted by atomic mass is 16.5. The molecule has 0 atom stereocenters. The minimum absolute atomic E-state index is 0.0310. The largest absolute Gasteiger partial charge is 0.457 e. The second-order valence-electron chi connectivity index (χ2n) is 9.46. The molecule has 4 rings (SSSR count). The number of benzene rings is 2. The van der Waals surface area contributed by atoms with Gasteiger partial charge in [-0.15, -0.1) is 0 Å². The third kappa shape index (κ3) is 4.30. The van der Waals surface area contributed by atoms with Crippen molar-refractivity contribution in [1.82, 2.24) is 0 Å². The standard InChI is InChI=1S/C28H28N2O5/c1-15(2)21-13-19(11-17(5)27(21)29-23(31)7-8-24(29)32)35-20-12-18(6)28(22(14-20)16(3)4)30-25(33)9-10-26(30)34/h7-16H,1-6H3. The van der Waals surface area contributed by atoms with Gasteiger partial charge in [0.2, 0.25) is 0 Å². The topological polar surface area (TPSA) is 84.0 Å². The van der Waals surface area contributed by atoms with E-state index in [0.29, 0.717) is 22.9 Å². The number of aryl methyl sites for hydroxylation is 2. The smallest absolute Gasteiger partial charge is 0.258 e. The average Bonchev–Trinajstić information content (AvgIpc) is 3.28. The zero-order valence-corrected chi connectivity index (χ0v) is 20.7. The predicted octanol–water partition coefficient (Wildman–Crippen LogP) is 5.20. The maximum atomic E-state index is 12.3. The second-order valence-corrected chi connectivity index (χ2v) is 9.46. The predicted molar refractivity (Wildman–Crippen MR) is 134 cm³/mol. The van der Waals surface area contributed by atoms with Gasteiger partial charge in [-0.1, -0.05) is 27.7 Å². The fourth-order valence-electron chi connectivity index (χ4n) is 4.53. The molecular weight excluding hydrogens is 444 g/mol. The molecule has 0 bridgehead atoms. The highest BCUT2D eigenvalue weighted by Crippen LogP contribution is 2.40. The Morgan fingerprint density at radius 3 is 1.17 bits per heavy atom. The van der Waals surface area contributed by atoms with Crippen LogP contribution in [0.2, 0.25) is 0 Å². The normalized spacial score (nSPS) is 15.5. The maximum Gasteiger partial charge on any atom is 0.258 e. The number of carbonyl (C=O) groups excluding carboxylic acids is 4. The third-order valence-corrected chi connectivity index (χ3v) is 6.15. The van der Waals surface area contributed by atoms with E-state index in [0.717, 1.165) is 22.3 Å². The summed E-state index contributed by atoms with van der Waals surface area (Å²) in [5.74, 6) is -0.238. The Balaban J connectivity index is 1.75. The summed E-state index contributed by atoms with van der Waals surface area (Å²) in [4.78, 5) is 51.8. The first-order valence-electron chi connectivity index (χ1n) is 11.6. The molecule has 7 nitrogen and oxygen atoms in total. The van der Waals surface area contributed by atoms with Crippen molar-refractivity contribution < 1.29 is 23.9 Å². The van der Waals surface area contributed by atoms with E-state index in [4.69, 9.17) is 4.74 Å². The highest BCUT2D eigenvalue weighted by molar-refractivity contribution is 6.29. The van der Waals surface area contributed by atoms with E-state index in [-0.39, 0.29) is 35.5 Å². The molecule has 2 aromatic carbocycles. The Labute approximate surface area is 204 Å². The van der Waals surface area contributed by atoms with Crippen LogP contribution < -0.4 is 14.5 Å². The molecule has 0 fully saturated rings. The molecule has 0 saturated heterocycles. The molecule has 0 saturated carbocycles. The number of imide groups is 2. The van der Waals surface area contributed by atoms with Crippen molar-refractivity contribution >= 4 is 35.0 Å². The summed E-state index contributed by atoms with van der Waals surface area (Å²) in [7, 11) is 0. The van der Waals surface area contributed by atoms with E-state index in [1.54, 1.807) is 12.1 Å². The summed E-state index contributed by atoms with van der Waals surface area (Å²) < 4.78 is 6.26. The van der Waals surface area contributed by atoms with Gasteiger partial charge in [0.15, 0.2) is 0 Å². The Morgan fingerprint density at radius 1 is 0.571 bits per heavy atom. The number of hydrogen-bond donors (Lipinski definition) is 0. The molecule has 0 aromatic heterocycles. The maximum absolute atomic E-state index is 12.3. The number of carbonyl (C=O) groups is 4. The summed E-state index contributed by atoms with van der Waals surface area (Å²) in [6, 6.07) is 7.30. The molecule has 180 valence electrons. The van der Waals surface area contributed by atoms with E-state index < -0.39 is 0 Å². The molecule has 2 aliphatic rings. The molecule has 0 N–H and O–H groups in total. The van der Waals surface area contributed by atoms with Crippen LogP contribution in [0.4, 0.5) is 11.4 Å². The lowest BCUT2D eigenvalue weighted by molar-refractivity contribution is -0.121. The molecular formula is C28H28N2O5. The molecule has 0 unspecified atom stereocenters. The SMILES string of the molecule is Cc1cc(Oc2cc(C)c(N3C(=O)C=CC3=O)c(C(C)C)c2)cc(C(C)C)c1N1C(=O)C=CC1=O. The molecule has 2 aromatic rings. The first kappa shape index (κ1) is 24.1. The molecule has 0 spiro atoms. The van der Waals surface area contributed by atoms with Crippen molar-refractivity contribution in [2.75, 3.05) is 9.80 Å². The minimum atomic E-state index is -0.359. The molecule has 0 radical (unpaired) electrons. The number of ether oxygens (including phenoxy) is 1. The van der Waals surface area contributed by atoms with Gasteiger partial charge in [-0.25, -0.2) is 9.80 Å². The molecule has 4 amide bonds. The van der Waals surface area contributed by atoms with Crippen molar-refractivity contribution in [3.8, 4) is 11.5 Å². The first-order valence-corrected chi connectivity index (χ1v) is 11.6. The average molecular weight is 473 g/mol. The number of nitrogens with zero attached hydrogens (tertiary/aromatic N) is 2. The lowest BCUT2D eigenvalue weighted by Crippen LogP contribution is -2.31. The van der Waals surface area contributed by atoms with Crippen molar-refractivity contribution in [3.05, 3.63) is 70.8 Å². The molecule has 35 heavy (non-hydrogen) atoms. The van der Waals surface area contributed by atoms with Gasteiger partial charge in [-0.05, 0) is 72.2 Å². The van der Waals surface area contributed by atoms with Gasteiger partial charge in [0.05, 0.1) is 11.4 Å². The van der Waals surface area contributed by atoms with E-state index in [9.17, 15) is 19.2 Å². The van der Waals surface area contributed by atoms with Crippen LogP contribution in [0.15, 0.2) is 48.6 Å². The van der Waals surface area contributed by atoms with Crippen LogP contribution in [-0.2, 0) is 19.2 Å². The van der Waals surface area contributed by atoms with Crippen LogP contribution in [0.1, 0.15) is 61.8 Å². The van der Waals surface area contributed by atoms with Gasteiger partial charge in [0.25, 0.3) is 23.6 Å². The lowest BCUT2D eigenvalue weighted by Gasteiger charge is -2.25. The van der Waals surface area contributed by atoms with Crippen LogP contribution in [0.3, 0.4) is 0 Å². The summed E-state index contributed by atoms with van der Waals surface area (Å²) in [6.45, 7) is 11.7. The second kappa shape index (κ2) is 8.98. The fraction of sp³-hybridized carbons (Fsp3) is 0.286. The van der Waals surface area contributed by atoms with E-state index in [1.807, 2.05) is 53.7 Å². The first-order chi connectivity index (χ1) is 16.5. The van der Waals surface area contributed by atoms with Gasteiger partial charge in [0.1, 0.15) is 11.5 Å². The van der Waals surface area contributed by atoms with Crippen LogP contribution in [0, 0.1) is 13.8 Å². The van der Waals surface area contributed by atoms with Crippen molar-refractivity contribution in [2.45, 2.75) is 53.4 Å². The van der Waals surface area contributed by atoms with Crippen LogP contribution in [-0.4, -0.2) is 23.6 Å². The number of hydrogen-bond acceptors (Lipinski definition) is 5. The lowest BCUT2D eigenvalue weighted by atomic mass is 9.96. The van der Waals surface area contributed by atoms with E-state index in [2.05, 4.69) is 0 Å². The van der Waals surface area contributed by atoms with Gasteiger partial charge in [-0.2, -0.15) is 0 Å². The molecule has 7 heteroatoms. The monoisotopic (exact) mass is 472 g/mol. The Bertz CT molecular complexity index is 1200. The number of anilines is 2. The van der Waals surface area contributed by atoms with E-state index in [1.165, 1.54) is 34.1 Å². The molecule has 2 aliphatic heterocycles. The van der Waals surface area contributed by atoms with Crippen LogP contribution in [0.25, 0.3) is 0 Å². The fourth-order valence-corrected chi connectivity index (χ4v) is 4.53. The van der Waals surface area contributed by atoms with E-state index >= 15 is 0 Å². The Hall–Kier alpha value is -4.00.